The number of allylic oxidation sites excluding steroid dienone is 2. The van der Waals surface area contributed by atoms with Crippen LogP contribution in [-0.2, 0) is 11.2 Å². The number of rotatable bonds is 1. The van der Waals surface area contributed by atoms with E-state index in [0.717, 1.165) is 38.2 Å². The van der Waals surface area contributed by atoms with E-state index < -0.39 is 16.9 Å². The van der Waals surface area contributed by atoms with Crippen LogP contribution < -0.4 is 5.43 Å². The Hall–Kier alpha value is -4.72. The van der Waals surface area contributed by atoms with Gasteiger partial charge in [-0.1, -0.05) is 24.6 Å². The van der Waals surface area contributed by atoms with Crippen LogP contribution in [0.1, 0.15) is 49.7 Å². The van der Waals surface area contributed by atoms with Gasteiger partial charge in [0.2, 0.25) is 11.2 Å². The molecule has 3 atom stereocenters. The number of aromatic hydroxyl groups is 5. The lowest BCUT2D eigenvalue weighted by molar-refractivity contribution is -0.126. The molecule has 2 fully saturated rings. The van der Waals surface area contributed by atoms with E-state index in [9.17, 15) is 35.1 Å². The van der Waals surface area contributed by atoms with Crippen LogP contribution in [0, 0.1) is 11.3 Å². The van der Waals surface area contributed by atoms with Crippen molar-refractivity contribution in [3.05, 3.63) is 87.6 Å². The molecule has 210 valence electrons. The van der Waals surface area contributed by atoms with E-state index in [2.05, 4.69) is 19.1 Å². The lowest BCUT2D eigenvalue weighted by Crippen LogP contribution is -2.37. The molecular formula is C33H30O8. The standard InChI is InChI=1S/C18H20O2.C15H10O6/c1-18-9-8-14-13-5-3-12(19)10-11(13)2-4-15(14)16(18)6-7-17(18)20;16-8-2-3-9-12(6-8)21-15(14(20)13(9)19)7-1-4-10(17)11(18)5-7/h3-5,10,14,16,19H,2,6-9H2,1H3;1-6,16-18,20H. The number of ketones is 1. The van der Waals surface area contributed by atoms with Crippen molar-refractivity contribution in [3.8, 4) is 40.1 Å². The first-order valence-electron chi connectivity index (χ1n) is 13.6. The number of hydrogen-bond acceptors (Lipinski definition) is 8. The molecular weight excluding hydrogens is 524 g/mol. The minimum absolute atomic E-state index is 0.0872. The van der Waals surface area contributed by atoms with E-state index >= 15 is 0 Å². The summed E-state index contributed by atoms with van der Waals surface area (Å²) in [4.78, 5) is 24.3. The fourth-order valence-corrected chi connectivity index (χ4v) is 6.76. The molecule has 3 aromatic carbocycles. The summed E-state index contributed by atoms with van der Waals surface area (Å²) in [5.74, 6) is 0.154. The number of fused-ring (bicyclic) bond motifs is 6. The van der Waals surface area contributed by atoms with Crippen molar-refractivity contribution < 1.29 is 34.7 Å². The van der Waals surface area contributed by atoms with Crippen LogP contribution in [0.15, 0.2) is 75.5 Å². The van der Waals surface area contributed by atoms with Crippen LogP contribution in [0.2, 0.25) is 0 Å². The van der Waals surface area contributed by atoms with Crippen LogP contribution in [0.25, 0.3) is 22.3 Å². The molecule has 0 spiro atoms. The Morgan fingerprint density at radius 3 is 2.39 bits per heavy atom. The molecule has 1 heterocycles. The first kappa shape index (κ1) is 26.5. The Morgan fingerprint density at radius 1 is 0.854 bits per heavy atom. The van der Waals surface area contributed by atoms with Gasteiger partial charge in [-0.25, -0.2) is 0 Å². The van der Waals surface area contributed by atoms with Crippen LogP contribution >= 0.6 is 0 Å². The zero-order valence-corrected chi connectivity index (χ0v) is 22.4. The minimum Gasteiger partial charge on any atom is -0.508 e. The highest BCUT2D eigenvalue weighted by atomic mass is 16.4. The lowest BCUT2D eigenvalue weighted by atomic mass is 9.60. The van der Waals surface area contributed by atoms with Crippen LogP contribution in [-0.4, -0.2) is 31.3 Å². The van der Waals surface area contributed by atoms with E-state index in [1.165, 1.54) is 47.0 Å². The van der Waals surface area contributed by atoms with E-state index in [1.807, 2.05) is 6.07 Å². The van der Waals surface area contributed by atoms with Gasteiger partial charge in [0, 0.05) is 29.4 Å². The van der Waals surface area contributed by atoms with Gasteiger partial charge in [0.15, 0.2) is 17.3 Å². The lowest BCUT2D eigenvalue weighted by Gasteiger charge is -2.43. The smallest absolute Gasteiger partial charge is 0.235 e. The first-order chi connectivity index (χ1) is 19.6. The molecule has 0 aliphatic heterocycles. The molecule has 3 unspecified atom stereocenters. The number of phenolic OH excluding ortho intramolecular Hbond substituents is 4. The van der Waals surface area contributed by atoms with Crippen molar-refractivity contribution in [1.82, 2.24) is 0 Å². The van der Waals surface area contributed by atoms with Gasteiger partial charge in [-0.15, -0.1) is 0 Å². The van der Waals surface area contributed by atoms with Crippen molar-refractivity contribution in [3.63, 3.8) is 0 Å². The van der Waals surface area contributed by atoms with Gasteiger partial charge in [0.25, 0.3) is 0 Å². The summed E-state index contributed by atoms with van der Waals surface area (Å²) in [5, 5.41) is 47.9. The predicted molar refractivity (Wildman–Crippen MR) is 152 cm³/mol. The second-order valence-electron chi connectivity index (χ2n) is 11.3. The third kappa shape index (κ3) is 4.40. The maximum absolute atomic E-state index is 12.2. The van der Waals surface area contributed by atoms with Gasteiger partial charge in [-0.2, -0.15) is 0 Å². The highest BCUT2D eigenvalue weighted by Crippen LogP contribution is 2.58. The fraction of sp³-hybridized carbons (Fsp3) is 0.273. The molecule has 3 aliphatic rings. The zero-order chi connectivity index (χ0) is 29.1. The Morgan fingerprint density at radius 2 is 1.61 bits per heavy atom. The molecule has 7 rings (SSSR count). The number of benzene rings is 3. The first-order valence-corrected chi connectivity index (χ1v) is 13.6. The largest absolute Gasteiger partial charge is 0.508 e. The average molecular weight is 555 g/mol. The number of carbonyl (C=O) groups is 1. The number of phenols is 4. The second-order valence-corrected chi connectivity index (χ2v) is 11.3. The van der Waals surface area contributed by atoms with Crippen molar-refractivity contribution in [1.29, 1.82) is 0 Å². The van der Waals surface area contributed by atoms with E-state index in [-0.39, 0.29) is 39.2 Å². The molecule has 0 amide bonds. The predicted octanol–water partition coefficient (Wildman–Crippen LogP) is 6.02. The summed E-state index contributed by atoms with van der Waals surface area (Å²) in [5.41, 5.74) is 3.69. The molecule has 1 aromatic heterocycles. The van der Waals surface area contributed by atoms with Gasteiger partial charge in [0.05, 0.1) is 5.39 Å². The van der Waals surface area contributed by atoms with E-state index in [4.69, 9.17) is 4.42 Å². The molecule has 3 aliphatic carbocycles. The Balaban J connectivity index is 0.000000148. The highest BCUT2D eigenvalue weighted by Gasteiger charge is 2.52. The summed E-state index contributed by atoms with van der Waals surface area (Å²) in [6.45, 7) is 2.18. The second kappa shape index (κ2) is 9.73. The molecule has 0 radical (unpaired) electrons. The normalized spacial score (nSPS) is 22.7. The highest BCUT2D eigenvalue weighted by molar-refractivity contribution is 5.88. The average Bonchev–Trinajstić information content (AvgIpc) is 3.26. The topological polar surface area (TPSA) is 148 Å². The molecule has 41 heavy (non-hydrogen) atoms. The third-order valence-corrected chi connectivity index (χ3v) is 8.97. The van der Waals surface area contributed by atoms with Gasteiger partial charge in [-0.05, 0) is 85.2 Å². The Labute approximate surface area is 235 Å². The molecule has 2 saturated carbocycles. The summed E-state index contributed by atoms with van der Waals surface area (Å²) in [7, 11) is 0. The van der Waals surface area contributed by atoms with E-state index in [0.29, 0.717) is 23.4 Å². The van der Waals surface area contributed by atoms with Gasteiger partial charge in [-0.3, -0.25) is 9.59 Å². The Bertz CT molecular complexity index is 1800. The number of Topliss-reactive ketones (excluding diaryl/α,β-unsaturated/α-hetero) is 1. The van der Waals surface area contributed by atoms with Gasteiger partial charge in [0.1, 0.15) is 22.9 Å². The summed E-state index contributed by atoms with van der Waals surface area (Å²) < 4.78 is 5.43. The molecule has 8 heteroatoms. The number of hydrogen-bond donors (Lipinski definition) is 5. The SMILES string of the molecule is CC12CCC3C(=CCc4cc(O)ccc43)C1CCC2=O.O=c1c(O)c(-c2ccc(O)c(O)c2)oc2cc(O)ccc12. The van der Waals surface area contributed by atoms with Crippen molar-refractivity contribution in [2.75, 3.05) is 0 Å². The van der Waals surface area contributed by atoms with Crippen LogP contribution in [0.3, 0.4) is 0 Å². The maximum atomic E-state index is 12.2. The van der Waals surface area contributed by atoms with Crippen LogP contribution in [0.5, 0.6) is 28.7 Å². The molecule has 0 bridgehead atoms. The monoisotopic (exact) mass is 554 g/mol. The number of carbonyl (C=O) groups excluding carboxylic acids is 1. The summed E-state index contributed by atoms with van der Waals surface area (Å²) in [6.07, 6.45) is 7.11. The van der Waals surface area contributed by atoms with Crippen molar-refractivity contribution in [2.24, 2.45) is 11.3 Å². The molecule has 8 nitrogen and oxygen atoms in total. The van der Waals surface area contributed by atoms with Gasteiger partial charge < -0.3 is 29.9 Å². The molecule has 4 aromatic rings. The quantitative estimate of drug-likeness (QED) is 0.142. The van der Waals surface area contributed by atoms with Crippen molar-refractivity contribution in [2.45, 2.75) is 44.9 Å². The molecule has 5 N–H and O–H groups in total. The van der Waals surface area contributed by atoms with Crippen LogP contribution in [0.4, 0.5) is 0 Å². The third-order valence-electron chi connectivity index (χ3n) is 8.97. The fourth-order valence-electron chi connectivity index (χ4n) is 6.76. The Kier molecular flexibility index (Phi) is 6.29. The summed E-state index contributed by atoms with van der Waals surface area (Å²) >= 11 is 0. The minimum atomic E-state index is -0.654. The molecule has 0 saturated heterocycles. The maximum Gasteiger partial charge on any atom is 0.235 e. The summed E-state index contributed by atoms with van der Waals surface area (Å²) in [6, 6.07) is 13.4. The zero-order valence-electron chi connectivity index (χ0n) is 22.4. The van der Waals surface area contributed by atoms with Gasteiger partial charge >= 0.3 is 0 Å². The van der Waals surface area contributed by atoms with Crippen molar-refractivity contribution >= 4 is 16.8 Å². The van der Waals surface area contributed by atoms with E-state index in [1.54, 1.807) is 6.07 Å².